The highest BCUT2D eigenvalue weighted by Crippen LogP contribution is 2.33. The molecule has 0 spiro atoms. The van der Waals surface area contributed by atoms with Crippen molar-refractivity contribution in [1.29, 1.82) is 0 Å². The Morgan fingerprint density at radius 2 is 1.91 bits per heavy atom. The molecule has 0 unspecified atom stereocenters. The van der Waals surface area contributed by atoms with Crippen molar-refractivity contribution in [1.82, 2.24) is 9.97 Å². The van der Waals surface area contributed by atoms with Crippen LogP contribution in [-0.4, -0.2) is 9.97 Å². The summed E-state index contributed by atoms with van der Waals surface area (Å²) in [6.45, 7) is 0.800. The molecule has 0 saturated carbocycles. The molecule has 3 aromatic rings. The molecular formula is C19H19N3. The first-order valence-corrected chi connectivity index (χ1v) is 7.95. The van der Waals surface area contributed by atoms with E-state index in [1.54, 1.807) is 0 Å². The van der Waals surface area contributed by atoms with Crippen molar-refractivity contribution in [3.8, 4) is 0 Å². The Kier molecular flexibility index (Phi) is 3.47. The van der Waals surface area contributed by atoms with Gasteiger partial charge in [-0.2, -0.15) is 0 Å². The lowest BCUT2D eigenvalue weighted by molar-refractivity contribution is 0.672. The lowest BCUT2D eigenvalue weighted by Gasteiger charge is -2.21. The van der Waals surface area contributed by atoms with E-state index in [-0.39, 0.29) is 0 Å². The number of nitrogens with one attached hydrogen (secondary N) is 1. The maximum absolute atomic E-state index is 4.88. The van der Waals surface area contributed by atoms with Gasteiger partial charge in [-0.25, -0.2) is 0 Å². The monoisotopic (exact) mass is 289 g/mol. The molecule has 2 heterocycles. The summed E-state index contributed by atoms with van der Waals surface area (Å²) in [6.07, 6.45) is 8.47. The molecule has 0 amide bonds. The van der Waals surface area contributed by atoms with Crippen LogP contribution in [0.15, 0.2) is 48.8 Å². The van der Waals surface area contributed by atoms with Crippen molar-refractivity contribution in [2.75, 3.05) is 5.32 Å². The summed E-state index contributed by atoms with van der Waals surface area (Å²) in [4.78, 5) is 9.07. The quantitative estimate of drug-likeness (QED) is 0.788. The summed E-state index contributed by atoms with van der Waals surface area (Å²) in [5, 5.41) is 4.88. The molecule has 0 fully saturated rings. The predicted molar refractivity (Wildman–Crippen MR) is 89.9 cm³/mol. The van der Waals surface area contributed by atoms with Crippen LogP contribution < -0.4 is 5.32 Å². The number of hydrogen-bond acceptors (Lipinski definition) is 3. The van der Waals surface area contributed by atoms with Crippen LogP contribution in [0, 0.1) is 0 Å². The number of rotatable bonds is 3. The second-order valence-electron chi connectivity index (χ2n) is 5.85. The van der Waals surface area contributed by atoms with Gasteiger partial charge in [0.05, 0.1) is 5.52 Å². The fourth-order valence-electron chi connectivity index (χ4n) is 3.27. The number of benzene rings is 1. The second-order valence-corrected chi connectivity index (χ2v) is 5.85. The minimum atomic E-state index is 0.800. The molecule has 1 N–H and O–H groups in total. The number of hydrogen-bond donors (Lipinski definition) is 1. The zero-order valence-corrected chi connectivity index (χ0v) is 12.5. The van der Waals surface area contributed by atoms with Crippen molar-refractivity contribution in [2.24, 2.45) is 0 Å². The summed E-state index contributed by atoms with van der Waals surface area (Å²) in [6, 6.07) is 12.5. The van der Waals surface area contributed by atoms with E-state index >= 15 is 0 Å². The Balaban J connectivity index is 1.77. The number of anilines is 1. The molecule has 0 saturated heterocycles. The van der Waals surface area contributed by atoms with Gasteiger partial charge in [0.15, 0.2) is 0 Å². The van der Waals surface area contributed by atoms with Crippen LogP contribution in [0.4, 0.5) is 5.69 Å². The summed E-state index contributed by atoms with van der Waals surface area (Å²) in [5.74, 6) is 0. The average molecular weight is 289 g/mol. The van der Waals surface area contributed by atoms with Crippen LogP contribution in [0.2, 0.25) is 0 Å². The molecule has 0 radical (unpaired) electrons. The number of aryl methyl sites for hydroxylation is 1. The summed E-state index contributed by atoms with van der Waals surface area (Å²) < 4.78 is 0. The zero-order valence-electron chi connectivity index (χ0n) is 12.5. The number of nitrogens with zero attached hydrogens (tertiary/aromatic N) is 2. The van der Waals surface area contributed by atoms with Gasteiger partial charge in [0, 0.05) is 35.7 Å². The molecule has 0 bridgehead atoms. The molecule has 3 heteroatoms. The summed E-state index contributed by atoms with van der Waals surface area (Å²) in [7, 11) is 0. The van der Waals surface area contributed by atoms with Crippen LogP contribution in [0.3, 0.4) is 0 Å². The van der Waals surface area contributed by atoms with Crippen LogP contribution in [0.25, 0.3) is 10.9 Å². The van der Waals surface area contributed by atoms with Crippen molar-refractivity contribution >= 4 is 16.6 Å². The average Bonchev–Trinajstić information content (AvgIpc) is 2.59. The van der Waals surface area contributed by atoms with E-state index in [1.807, 2.05) is 18.5 Å². The topological polar surface area (TPSA) is 37.8 Å². The summed E-state index contributed by atoms with van der Waals surface area (Å²) in [5.41, 5.74) is 6.25. The molecular weight excluding hydrogens is 270 g/mol. The SMILES string of the molecule is c1cncc(CNc2c3c(nc4ccccc24)CCCC3)c1. The van der Waals surface area contributed by atoms with Gasteiger partial charge in [-0.05, 0) is 48.9 Å². The Hall–Kier alpha value is -2.42. The lowest BCUT2D eigenvalue weighted by atomic mass is 9.92. The van der Waals surface area contributed by atoms with Gasteiger partial charge in [0.2, 0.25) is 0 Å². The number of para-hydroxylation sites is 1. The summed E-state index contributed by atoms with van der Waals surface area (Å²) >= 11 is 0. The van der Waals surface area contributed by atoms with Gasteiger partial charge >= 0.3 is 0 Å². The van der Waals surface area contributed by atoms with E-state index in [4.69, 9.17) is 4.98 Å². The number of aromatic nitrogens is 2. The fourth-order valence-corrected chi connectivity index (χ4v) is 3.27. The Bertz CT molecular complexity index is 796. The minimum absolute atomic E-state index is 0.800. The zero-order chi connectivity index (χ0) is 14.8. The second kappa shape index (κ2) is 5.76. The molecule has 0 atom stereocenters. The number of pyridine rings is 2. The van der Waals surface area contributed by atoms with Crippen molar-refractivity contribution in [3.05, 3.63) is 65.6 Å². The molecule has 1 aliphatic rings. The molecule has 1 aromatic carbocycles. The number of fused-ring (bicyclic) bond motifs is 2. The van der Waals surface area contributed by atoms with E-state index < -0.39 is 0 Å². The highest BCUT2D eigenvalue weighted by Gasteiger charge is 2.17. The first-order valence-electron chi connectivity index (χ1n) is 7.95. The lowest BCUT2D eigenvalue weighted by Crippen LogP contribution is -2.11. The maximum atomic E-state index is 4.88. The van der Waals surface area contributed by atoms with E-state index in [1.165, 1.54) is 40.7 Å². The fraction of sp³-hybridized carbons (Fsp3) is 0.263. The van der Waals surface area contributed by atoms with Crippen molar-refractivity contribution in [3.63, 3.8) is 0 Å². The molecule has 3 nitrogen and oxygen atoms in total. The first-order chi connectivity index (χ1) is 10.9. The Morgan fingerprint density at radius 1 is 1.00 bits per heavy atom. The van der Waals surface area contributed by atoms with E-state index in [9.17, 15) is 0 Å². The van der Waals surface area contributed by atoms with Crippen LogP contribution in [0.1, 0.15) is 29.7 Å². The Labute approximate surface area is 130 Å². The normalized spacial score (nSPS) is 13.8. The smallest absolute Gasteiger partial charge is 0.0726 e. The molecule has 110 valence electrons. The molecule has 4 rings (SSSR count). The third kappa shape index (κ3) is 2.43. The standard InChI is InChI=1S/C19H19N3/c1-3-9-17-15(7-1)19(16-8-2-4-10-18(16)22-17)21-13-14-6-5-11-20-12-14/h1,3,5-7,9,11-12H,2,4,8,10,13H2,(H,21,22). The van der Waals surface area contributed by atoms with Crippen molar-refractivity contribution < 1.29 is 0 Å². The third-order valence-electron chi connectivity index (χ3n) is 4.36. The highest BCUT2D eigenvalue weighted by atomic mass is 14.9. The van der Waals surface area contributed by atoms with Gasteiger partial charge < -0.3 is 5.32 Å². The van der Waals surface area contributed by atoms with Gasteiger partial charge in [-0.15, -0.1) is 0 Å². The van der Waals surface area contributed by atoms with E-state index in [0.29, 0.717) is 0 Å². The van der Waals surface area contributed by atoms with Crippen LogP contribution in [-0.2, 0) is 19.4 Å². The molecule has 2 aromatic heterocycles. The third-order valence-corrected chi connectivity index (χ3v) is 4.36. The van der Waals surface area contributed by atoms with Gasteiger partial charge in [-0.3, -0.25) is 9.97 Å². The molecule has 1 aliphatic carbocycles. The van der Waals surface area contributed by atoms with Gasteiger partial charge in [0.25, 0.3) is 0 Å². The first kappa shape index (κ1) is 13.3. The highest BCUT2D eigenvalue weighted by molar-refractivity contribution is 5.93. The predicted octanol–water partition coefficient (Wildman–Crippen LogP) is 4.12. The van der Waals surface area contributed by atoms with Crippen molar-refractivity contribution in [2.45, 2.75) is 32.2 Å². The van der Waals surface area contributed by atoms with Crippen LogP contribution in [0.5, 0.6) is 0 Å². The van der Waals surface area contributed by atoms with E-state index in [2.05, 4.69) is 40.6 Å². The van der Waals surface area contributed by atoms with Gasteiger partial charge in [-0.1, -0.05) is 24.3 Å². The molecule has 0 aliphatic heterocycles. The largest absolute Gasteiger partial charge is 0.380 e. The van der Waals surface area contributed by atoms with E-state index in [0.717, 1.165) is 24.9 Å². The Morgan fingerprint density at radius 3 is 2.82 bits per heavy atom. The maximum Gasteiger partial charge on any atom is 0.0726 e. The van der Waals surface area contributed by atoms with Gasteiger partial charge in [0.1, 0.15) is 0 Å². The minimum Gasteiger partial charge on any atom is -0.380 e. The van der Waals surface area contributed by atoms with Crippen LogP contribution >= 0.6 is 0 Å². The molecule has 22 heavy (non-hydrogen) atoms.